The van der Waals surface area contributed by atoms with Gasteiger partial charge in [0, 0.05) is 17.6 Å². The predicted octanol–water partition coefficient (Wildman–Crippen LogP) is 2.05. The van der Waals surface area contributed by atoms with Crippen LogP contribution in [0.2, 0.25) is 0 Å². The Hall–Kier alpha value is -0.940. The second kappa shape index (κ2) is 5.36. The van der Waals surface area contributed by atoms with E-state index in [0.717, 1.165) is 6.42 Å². The molecule has 0 radical (unpaired) electrons. The maximum atomic E-state index is 13.6. The van der Waals surface area contributed by atoms with Crippen molar-refractivity contribution in [2.24, 2.45) is 0 Å². The number of rotatable bonds is 3. The highest BCUT2D eigenvalue weighted by Gasteiger charge is 2.26. The van der Waals surface area contributed by atoms with Crippen LogP contribution in [0.4, 0.5) is 4.39 Å². The van der Waals surface area contributed by atoms with E-state index in [-0.39, 0.29) is 29.4 Å². The van der Waals surface area contributed by atoms with Gasteiger partial charge in [0.25, 0.3) is 0 Å². The summed E-state index contributed by atoms with van der Waals surface area (Å²) in [6.07, 6.45) is 1.52. The maximum absolute atomic E-state index is 13.6. The highest BCUT2D eigenvalue weighted by atomic mass is 32.2. The second-order valence-electron chi connectivity index (χ2n) is 4.86. The minimum atomic E-state index is -2.93. The Balaban J connectivity index is 2.04. The monoisotopic (exact) mass is 271 g/mol. The Bertz CT molecular complexity index is 515. The lowest BCUT2D eigenvalue weighted by Gasteiger charge is -2.27. The van der Waals surface area contributed by atoms with E-state index in [1.54, 1.807) is 18.2 Å². The zero-order valence-electron chi connectivity index (χ0n) is 10.4. The summed E-state index contributed by atoms with van der Waals surface area (Å²) < 4.78 is 36.7. The molecule has 0 aromatic heterocycles. The van der Waals surface area contributed by atoms with E-state index in [2.05, 4.69) is 5.32 Å². The van der Waals surface area contributed by atoms with Crippen molar-refractivity contribution in [2.45, 2.75) is 31.8 Å². The zero-order valence-corrected chi connectivity index (χ0v) is 11.2. The van der Waals surface area contributed by atoms with Gasteiger partial charge in [-0.2, -0.15) is 0 Å². The molecule has 1 aromatic rings. The first kappa shape index (κ1) is 13.5. The molecule has 1 aromatic carbocycles. The minimum Gasteiger partial charge on any atom is -0.306 e. The topological polar surface area (TPSA) is 46.2 Å². The molecule has 0 amide bonds. The Labute approximate surface area is 107 Å². The van der Waals surface area contributed by atoms with Gasteiger partial charge in [-0.05, 0) is 25.8 Å². The molecule has 2 rings (SSSR count). The van der Waals surface area contributed by atoms with Crippen molar-refractivity contribution in [3.05, 3.63) is 35.6 Å². The summed E-state index contributed by atoms with van der Waals surface area (Å²) >= 11 is 0. The lowest BCUT2D eigenvalue weighted by molar-refractivity contribution is 0.428. The molecule has 0 spiro atoms. The molecule has 1 aliphatic rings. The third-order valence-corrected chi connectivity index (χ3v) is 5.14. The van der Waals surface area contributed by atoms with E-state index in [0.29, 0.717) is 12.0 Å². The van der Waals surface area contributed by atoms with Crippen LogP contribution in [0.15, 0.2) is 24.3 Å². The maximum Gasteiger partial charge on any atom is 0.151 e. The summed E-state index contributed by atoms with van der Waals surface area (Å²) in [4.78, 5) is 0. The van der Waals surface area contributed by atoms with Gasteiger partial charge in [0.1, 0.15) is 5.82 Å². The zero-order chi connectivity index (χ0) is 13.2. The molecular weight excluding hydrogens is 253 g/mol. The van der Waals surface area contributed by atoms with Gasteiger partial charge in [-0.15, -0.1) is 0 Å². The van der Waals surface area contributed by atoms with Crippen LogP contribution in [-0.4, -0.2) is 26.0 Å². The van der Waals surface area contributed by atoms with Gasteiger partial charge in [-0.1, -0.05) is 18.2 Å². The second-order valence-corrected chi connectivity index (χ2v) is 7.09. The summed E-state index contributed by atoms with van der Waals surface area (Å²) in [5, 5.41) is 3.21. The average molecular weight is 271 g/mol. The molecular formula is C13H18FNO2S. The standard InChI is InChI=1S/C13H18FNO2S/c1-10(12-6-2-3-7-13(12)14)15-11-5-4-8-18(16,17)9-11/h2-3,6-7,10-11,15H,4-5,8-9H2,1H3/t10-,11?/m1/s1. The van der Waals surface area contributed by atoms with Crippen LogP contribution < -0.4 is 5.32 Å². The molecule has 1 aliphatic heterocycles. The van der Waals surface area contributed by atoms with E-state index >= 15 is 0 Å². The Morgan fingerprint density at radius 3 is 2.78 bits per heavy atom. The van der Waals surface area contributed by atoms with Crippen LogP contribution in [0.5, 0.6) is 0 Å². The van der Waals surface area contributed by atoms with Crippen molar-refractivity contribution in [1.29, 1.82) is 0 Å². The molecule has 1 heterocycles. The molecule has 18 heavy (non-hydrogen) atoms. The predicted molar refractivity (Wildman–Crippen MR) is 69.6 cm³/mol. The lowest BCUT2D eigenvalue weighted by atomic mass is 10.1. The van der Waals surface area contributed by atoms with Gasteiger partial charge < -0.3 is 5.32 Å². The first-order valence-electron chi connectivity index (χ1n) is 6.19. The minimum absolute atomic E-state index is 0.0710. The van der Waals surface area contributed by atoms with Crippen LogP contribution in [-0.2, 0) is 9.84 Å². The fraction of sp³-hybridized carbons (Fsp3) is 0.538. The summed E-state index contributed by atoms with van der Waals surface area (Å²) in [5.74, 6) is 0.182. The highest BCUT2D eigenvalue weighted by molar-refractivity contribution is 7.91. The van der Waals surface area contributed by atoms with Crippen LogP contribution in [0, 0.1) is 5.82 Å². The largest absolute Gasteiger partial charge is 0.306 e. The molecule has 0 bridgehead atoms. The number of hydrogen-bond donors (Lipinski definition) is 1. The van der Waals surface area contributed by atoms with Crippen molar-refractivity contribution >= 4 is 9.84 Å². The molecule has 3 nitrogen and oxygen atoms in total. The van der Waals surface area contributed by atoms with Gasteiger partial charge in [-0.25, -0.2) is 12.8 Å². The van der Waals surface area contributed by atoms with E-state index in [1.807, 2.05) is 6.92 Å². The van der Waals surface area contributed by atoms with E-state index in [9.17, 15) is 12.8 Å². The summed E-state index contributed by atoms with van der Waals surface area (Å²) in [7, 11) is -2.93. The third-order valence-electron chi connectivity index (χ3n) is 3.32. The quantitative estimate of drug-likeness (QED) is 0.915. The normalized spacial score (nSPS) is 24.7. The number of sulfone groups is 1. The Morgan fingerprint density at radius 1 is 1.39 bits per heavy atom. The van der Waals surface area contributed by atoms with Crippen LogP contribution in [0.25, 0.3) is 0 Å². The SMILES string of the molecule is C[C@@H](NC1CCCS(=O)(=O)C1)c1ccccc1F. The molecule has 1 N–H and O–H groups in total. The first-order valence-corrected chi connectivity index (χ1v) is 8.01. The van der Waals surface area contributed by atoms with E-state index < -0.39 is 9.84 Å². The van der Waals surface area contributed by atoms with Crippen molar-refractivity contribution in [2.75, 3.05) is 11.5 Å². The van der Waals surface area contributed by atoms with Crippen LogP contribution in [0.1, 0.15) is 31.4 Å². The Morgan fingerprint density at radius 2 is 2.11 bits per heavy atom. The van der Waals surface area contributed by atoms with Gasteiger partial charge in [0.15, 0.2) is 9.84 Å². The summed E-state index contributed by atoms with van der Waals surface area (Å²) in [5.41, 5.74) is 0.584. The molecule has 1 saturated heterocycles. The lowest BCUT2D eigenvalue weighted by Crippen LogP contribution is -2.41. The van der Waals surface area contributed by atoms with Crippen molar-refractivity contribution in [1.82, 2.24) is 5.32 Å². The van der Waals surface area contributed by atoms with E-state index in [4.69, 9.17) is 0 Å². The smallest absolute Gasteiger partial charge is 0.151 e. The van der Waals surface area contributed by atoms with Gasteiger partial charge >= 0.3 is 0 Å². The van der Waals surface area contributed by atoms with Gasteiger partial charge in [0.05, 0.1) is 11.5 Å². The molecule has 5 heteroatoms. The highest BCUT2D eigenvalue weighted by Crippen LogP contribution is 2.20. The molecule has 2 atom stereocenters. The Kier molecular flexibility index (Phi) is 4.02. The van der Waals surface area contributed by atoms with Crippen molar-refractivity contribution in [3.8, 4) is 0 Å². The number of halogens is 1. The van der Waals surface area contributed by atoms with Crippen molar-refractivity contribution in [3.63, 3.8) is 0 Å². The fourth-order valence-corrected chi connectivity index (χ4v) is 4.07. The first-order chi connectivity index (χ1) is 8.48. The summed E-state index contributed by atoms with van der Waals surface area (Å²) in [6, 6.07) is 6.34. The van der Waals surface area contributed by atoms with Crippen LogP contribution in [0.3, 0.4) is 0 Å². The molecule has 1 fully saturated rings. The molecule has 0 saturated carbocycles. The third kappa shape index (κ3) is 3.29. The number of hydrogen-bond acceptors (Lipinski definition) is 3. The van der Waals surface area contributed by atoms with Crippen LogP contribution >= 0.6 is 0 Å². The van der Waals surface area contributed by atoms with Crippen molar-refractivity contribution < 1.29 is 12.8 Å². The van der Waals surface area contributed by atoms with Gasteiger partial charge in [-0.3, -0.25) is 0 Å². The number of benzene rings is 1. The number of nitrogens with one attached hydrogen (secondary N) is 1. The van der Waals surface area contributed by atoms with Gasteiger partial charge in [0.2, 0.25) is 0 Å². The molecule has 0 aliphatic carbocycles. The van der Waals surface area contributed by atoms with E-state index in [1.165, 1.54) is 6.07 Å². The summed E-state index contributed by atoms with van der Waals surface area (Å²) in [6.45, 7) is 1.86. The molecule has 1 unspecified atom stereocenters. The average Bonchev–Trinajstić information content (AvgIpc) is 2.28. The fourth-order valence-electron chi connectivity index (χ4n) is 2.42. The molecule has 100 valence electrons.